The lowest BCUT2D eigenvalue weighted by Gasteiger charge is -2.38. The van der Waals surface area contributed by atoms with E-state index in [0.717, 1.165) is 18.3 Å². The first kappa shape index (κ1) is 29.2. The van der Waals surface area contributed by atoms with Crippen molar-refractivity contribution in [1.29, 1.82) is 0 Å². The van der Waals surface area contributed by atoms with Gasteiger partial charge in [0.05, 0.1) is 11.2 Å². The van der Waals surface area contributed by atoms with Gasteiger partial charge in [-0.1, -0.05) is 13.8 Å². The minimum absolute atomic E-state index is 0.0590. The molecular weight excluding hydrogens is 473 g/mol. The van der Waals surface area contributed by atoms with E-state index in [4.69, 9.17) is 14.0 Å². The summed E-state index contributed by atoms with van der Waals surface area (Å²) in [6.07, 6.45) is 4.50. The molecule has 206 valence electrons. The van der Waals surface area contributed by atoms with E-state index in [1.807, 2.05) is 53.5 Å². The van der Waals surface area contributed by atoms with Gasteiger partial charge in [0, 0.05) is 44.0 Å². The Labute approximate surface area is 222 Å². The predicted molar refractivity (Wildman–Crippen MR) is 144 cm³/mol. The third-order valence-corrected chi connectivity index (χ3v) is 7.43. The van der Waals surface area contributed by atoms with Gasteiger partial charge in [0.1, 0.15) is 11.6 Å². The molecule has 0 bridgehead atoms. The van der Waals surface area contributed by atoms with Gasteiger partial charge in [-0.15, -0.1) is 0 Å². The van der Waals surface area contributed by atoms with Gasteiger partial charge in [0.15, 0.2) is 0 Å². The third-order valence-electron chi connectivity index (χ3n) is 7.43. The van der Waals surface area contributed by atoms with Gasteiger partial charge in [0.2, 0.25) is 11.9 Å². The Hall–Kier alpha value is -2.40. The number of alkyl carbamates (subject to hydrolysis) is 1. The van der Waals surface area contributed by atoms with Gasteiger partial charge in [-0.25, -0.2) is 14.8 Å². The molecule has 10 nitrogen and oxygen atoms in total. The van der Waals surface area contributed by atoms with E-state index >= 15 is 0 Å². The van der Waals surface area contributed by atoms with Crippen LogP contribution in [0.25, 0.3) is 0 Å². The molecule has 1 aromatic rings. The van der Waals surface area contributed by atoms with E-state index in [1.165, 1.54) is 0 Å². The fourth-order valence-electron chi connectivity index (χ4n) is 4.40. The Morgan fingerprint density at radius 3 is 2.08 bits per heavy atom. The molecule has 11 heteroatoms. The summed E-state index contributed by atoms with van der Waals surface area (Å²) in [5, 5.41) is 2.77. The lowest BCUT2D eigenvalue weighted by molar-refractivity contribution is -0.135. The molecule has 0 spiro atoms. The van der Waals surface area contributed by atoms with Gasteiger partial charge in [0.25, 0.3) is 0 Å². The summed E-state index contributed by atoms with van der Waals surface area (Å²) in [5.41, 5.74) is -0.679. The highest BCUT2D eigenvalue weighted by molar-refractivity contribution is 6.61. The summed E-state index contributed by atoms with van der Waals surface area (Å²) in [6.45, 7) is 18.5. The minimum atomic E-state index is -0.630. The van der Waals surface area contributed by atoms with Crippen LogP contribution in [0, 0.1) is 5.92 Å². The number of rotatable bonds is 6. The van der Waals surface area contributed by atoms with Crippen LogP contribution in [-0.4, -0.2) is 83.0 Å². The minimum Gasteiger partial charge on any atom is -0.444 e. The summed E-state index contributed by atoms with van der Waals surface area (Å²) in [5.74, 6) is 0.484. The fourth-order valence-corrected chi connectivity index (χ4v) is 4.40. The molecule has 1 aromatic heterocycles. The SMILES string of the molecule is CC(C)[C@H](NC(=O)OC(C)(C)C)C(=O)N1CCC(N(C)c2ncc(B3OC(C)(C)C(C)(C)O3)cn2)CC1. The topological polar surface area (TPSA) is 106 Å². The molecule has 2 amide bonds. The standard InChI is InChI=1S/C26H44BN5O5/c1-17(2)20(30-23(34)35-24(3,4)5)21(33)32-13-11-19(12-14-32)31(10)22-28-15-18(16-29-22)27-36-25(6,7)26(8,9)37-27/h15-17,19-20H,11-14H2,1-10H3,(H,30,34)/t20-/m0/s1. The average molecular weight is 517 g/mol. The molecular formula is C26H44BN5O5. The molecule has 2 saturated heterocycles. The number of piperidine rings is 1. The molecule has 0 saturated carbocycles. The molecule has 2 fully saturated rings. The number of nitrogens with one attached hydrogen (secondary N) is 1. The van der Waals surface area contributed by atoms with Crippen LogP contribution in [-0.2, 0) is 18.8 Å². The Morgan fingerprint density at radius 1 is 1.11 bits per heavy atom. The number of likely N-dealkylation sites (tertiary alicyclic amines) is 1. The molecule has 37 heavy (non-hydrogen) atoms. The van der Waals surface area contributed by atoms with Crippen LogP contribution in [0.3, 0.4) is 0 Å². The van der Waals surface area contributed by atoms with E-state index < -0.39 is 36.1 Å². The molecule has 1 N–H and O–H groups in total. The number of hydrogen-bond acceptors (Lipinski definition) is 8. The summed E-state index contributed by atoms with van der Waals surface area (Å²) >= 11 is 0. The maximum absolute atomic E-state index is 13.2. The summed E-state index contributed by atoms with van der Waals surface area (Å²) < 4.78 is 17.6. The lowest BCUT2D eigenvalue weighted by atomic mass is 9.81. The summed E-state index contributed by atoms with van der Waals surface area (Å²) in [7, 11) is 1.48. The molecule has 3 heterocycles. The van der Waals surface area contributed by atoms with Crippen molar-refractivity contribution in [3.8, 4) is 0 Å². The number of carbonyl (C=O) groups is 2. The molecule has 0 aromatic carbocycles. The number of nitrogens with zero attached hydrogens (tertiary/aromatic N) is 4. The lowest BCUT2D eigenvalue weighted by Crippen LogP contribution is -2.55. The number of carbonyl (C=O) groups excluding carboxylic acids is 2. The van der Waals surface area contributed by atoms with Crippen molar-refractivity contribution in [2.24, 2.45) is 5.92 Å². The Balaban J connectivity index is 1.56. The van der Waals surface area contributed by atoms with Crippen molar-refractivity contribution >= 4 is 30.5 Å². The second-order valence-electron chi connectivity index (χ2n) is 12.4. The van der Waals surface area contributed by atoms with Crippen LogP contribution < -0.4 is 15.7 Å². The molecule has 0 aliphatic carbocycles. The van der Waals surface area contributed by atoms with Crippen molar-refractivity contribution in [1.82, 2.24) is 20.2 Å². The Morgan fingerprint density at radius 2 is 1.62 bits per heavy atom. The zero-order valence-electron chi connectivity index (χ0n) is 24.1. The normalized spacial score (nSPS) is 20.6. The molecule has 0 unspecified atom stereocenters. The fraction of sp³-hybridized carbons (Fsp3) is 0.769. The van der Waals surface area contributed by atoms with Crippen LogP contribution in [0.4, 0.5) is 10.7 Å². The molecule has 1 atom stereocenters. The van der Waals surface area contributed by atoms with Crippen LogP contribution in [0.1, 0.15) is 75.2 Å². The van der Waals surface area contributed by atoms with Crippen LogP contribution in [0.2, 0.25) is 0 Å². The van der Waals surface area contributed by atoms with Crippen molar-refractivity contribution in [3.63, 3.8) is 0 Å². The Kier molecular flexibility index (Phi) is 8.49. The number of aromatic nitrogens is 2. The maximum atomic E-state index is 13.2. The third kappa shape index (κ3) is 6.93. The van der Waals surface area contributed by atoms with E-state index in [0.29, 0.717) is 19.0 Å². The first-order valence-electron chi connectivity index (χ1n) is 13.2. The van der Waals surface area contributed by atoms with Gasteiger partial charge in [-0.3, -0.25) is 4.79 Å². The summed E-state index contributed by atoms with van der Waals surface area (Å²) in [6, 6.07) is -0.432. The number of ether oxygens (including phenoxy) is 1. The number of hydrogen-bond donors (Lipinski definition) is 1. The van der Waals surface area contributed by atoms with E-state index in [1.54, 1.807) is 33.2 Å². The number of amides is 2. The first-order chi connectivity index (χ1) is 17.0. The average Bonchev–Trinajstić information content (AvgIpc) is 3.02. The highest BCUT2D eigenvalue weighted by Crippen LogP contribution is 2.36. The molecule has 0 radical (unpaired) electrons. The maximum Gasteiger partial charge on any atom is 0.498 e. The molecule has 2 aliphatic rings. The highest BCUT2D eigenvalue weighted by Gasteiger charge is 2.52. The van der Waals surface area contributed by atoms with Gasteiger partial charge in [-0.05, 0) is 67.2 Å². The quantitative estimate of drug-likeness (QED) is 0.575. The largest absolute Gasteiger partial charge is 0.498 e. The van der Waals surface area contributed by atoms with Gasteiger partial charge >= 0.3 is 13.2 Å². The van der Waals surface area contributed by atoms with E-state index in [-0.39, 0.29) is 17.9 Å². The van der Waals surface area contributed by atoms with E-state index in [9.17, 15) is 9.59 Å². The molecule has 2 aliphatic heterocycles. The zero-order valence-corrected chi connectivity index (χ0v) is 24.1. The monoisotopic (exact) mass is 517 g/mol. The second-order valence-corrected chi connectivity index (χ2v) is 12.4. The molecule has 3 rings (SSSR count). The van der Waals surface area contributed by atoms with E-state index in [2.05, 4.69) is 20.2 Å². The number of anilines is 1. The predicted octanol–water partition coefficient (Wildman–Crippen LogP) is 2.75. The highest BCUT2D eigenvalue weighted by atomic mass is 16.7. The van der Waals surface area contributed by atoms with Gasteiger partial charge in [-0.2, -0.15) is 0 Å². The van der Waals surface area contributed by atoms with Crippen molar-refractivity contribution in [2.45, 2.75) is 104 Å². The second kappa shape index (κ2) is 10.8. The van der Waals surface area contributed by atoms with Crippen molar-refractivity contribution in [2.75, 3.05) is 25.0 Å². The van der Waals surface area contributed by atoms with Gasteiger partial charge < -0.3 is 29.2 Å². The van der Waals surface area contributed by atoms with Crippen LogP contribution in [0.5, 0.6) is 0 Å². The van der Waals surface area contributed by atoms with Crippen LogP contribution in [0.15, 0.2) is 12.4 Å². The van der Waals surface area contributed by atoms with Crippen LogP contribution >= 0.6 is 0 Å². The van der Waals surface area contributed by atoms with Crippen molar-refractivity contribution < 1.29 is 23.6 Å². The zero-order chi connectivity index (χ0) is 27.8. The van der Waals surface area contributed by atoms with Crippen molar-refractivity contribution in [3.05, 3.63) is 12.4 Å². The summed E-state index contributed by atoms with van der Waals surface area (Å²) in [4.78, 5) is 38.6. The first-order valence-corrected chi connectivity index (χ1v) is 13.2. The smallest absolute Gasteiger partial charge is 0.444 e. The Bertz CT molecular complexity index is 939.